The van der Waals surface area contributed by atoms with Crippen LogP contribution in [-0.4, -0.2) is 24.7 Å². The number of nitrogens with one attached hydrogen (secondary N) is 1. The second kappa shape index (κ2) is 5.79. The van der Waals surface area contributed by atoms with Crippen LogP contribution >= 0.6 is 23.2 Å². The van der Waals surface area contributed by atoms with Gasteiger partial charge in [-0.1, -0.05) is 36.0 Å². The van der Waals surface area contributed by atoms with Gasteiger partial charge in [-0.2, -0.15) is 0 Å². The lowest BCUT2D eigenvalue weighted by Gasteiger charge is -2.16. The molecule has 0 amide bonds. The maximum atomic E-state index is 12.2. The molecule has 110 valence electrons. The summed E-state index contributed by atoms with van der Waals surface area (Å²) in [5, 5.41) is 8.58. The molecule has 1 aromatic carbocycles. The average molecular weight is 338 g/mol. The first-order chi connectivity index (χ1) is 9.33. The number of hydrogen-bond acceptors (Lipinski definition) is 3. The van der Waals surface area contributed by atoms with Crippen LogP contribution in [0.1, 0.15) is 36.0 Å². The van der Waals surface area contributed by atoms with E-state index in [2.05, 4.69) is 4.72 Å². The molecular weight excluding hydrogens is 325 g/mol. The SMILES string of the molecule is O=C(O)c1c(Cl)ccc(Cl)c1NS(=O)(=O)C1CCCC1. The fourth-order valence-electron chi connectivity index (χ4n) is 2.28. The number of rotatable bonds is 4. The predicted octanol–water partition coefficient (Wildman–Crippen LogP) is 3.38. The number of anilines is 1. The van der Waals surface area contributed by atoms with Crippen LogP contribution in [0.2, 0.25) is 10.0 Å². The van der Waals surface area contributed by atoms with Gasteiger partial charge in [0.15, 0.2) is 0 Å². The summed E-state index contributed by atoms with van der Waals surface area (Å²) >= 11 is 11.7. The summed E-state index contributed by atoms with van der Waals surface area (Å²) in [6.07, 6.45) is 2.83. The van der Waals surface area contributed by atoms with Gasteiger partial charge in [-0.3, -0.25) is 4.72 Å². The van der Waals surface area contributed by atoms with E-state index in [1.165, 1.54) is 12.1 Å². The lowest BCUT2D eigenvalue weighted by atomic mass is 10.2. The Labute approximate surface area is 126 Å². The molecule has 0 unspecified atom stereocenters. The van der Waals surface area contributed by atoms with Crippen LogP contribution in [0.25, 0.3) is 0 Å². The summed E-state index contributed by atoms with van der Waals surface area (Å²) in [5.41, 5.74) is -0.501. The monoisotopic (exact) mass is 337 g/mol. The van der Waals surface area contributed by atoms with Crippen molar-refractivity contribution in [1.82, 2.24) is 0 Å². The molecule has 0 aliphatic heterocycles. The molecule has 2 rings (SSSR count). The van der Waals surface area contributed by atoms with Crippen molar-refractivity contribution in [3.63, 3.8) is 0 Å². The highest BCUT2D eigenvalue weighted by Crippen LogP contribution is 2.34. The van der Waals surface area contributed by atoms with E-state index in [9.17, 15) is 13.2 Å². The zero-order valence-corrected chi connectivity index (χ0v) is 12.7. The van der Waals surface area contributed by atoms with E-state index >= 15 is 0 Å². The number of halogens is 2. The van der Waals surface area contributed by atoms with Crippen molar-refractivity contribution < 1.29 is 18.3 Å². The number of benzene rings is 1. The Morgan fingerprint density at radius 2 is 1.75 bits per heavy atom. The topological polar surface area (TPSA) is 83.5 Å². The molecule has 1 aliphatic rings. The van der Waals surface area contributed by atoms with Crippen LogP contribution in [0.4, 0.5) is 5.69 Å². The molecule has 20 heavy (non-hydrogen) atoms. The minimum atomic E-state index is -3.66. The molecule has 0 atom stereocenters. The maximum absolute atomic E-state index is 12.2. The van der Waals surface area contributed by atoms with Gasteiger partial charge in [0.05, 0.1) is 21.0 Å². The fraction of sp³-hybridized carbons (Fsp3) is 0.417. The van der Waals surface area contributed by atoms with E-state index in [1.807, 2.05) is 0 Å². The van der Waals surface area contributed by atoms with Crippen LogP contribution in [0.15, 0.2) is 12.1 Å². The molecule has 0 aromatic heterocycles. The molecule has 1 fully saturated rings. The van der Waals surface area contributed by atoms with E-state index in [0.29, 0.717) is 12.8 Å². The molecule has 0 heterocycles. The predicted molar refractivity (Wildman–Crippen MR) is 78.2 cm³/mol. The summed E-state index contributed by atoms with van der Waals surface area (Å²) in [6.45, 7) is 0. The van der Waals surface area contributed by atoms with Gasteiger partial charge in [-0.15, -0.1) is 0 Å². The Morgan fingerprint density at radius 3 is 2.30 bits per heavy atom. The van der Waals surface area contributed by atoms with E-state index in [4.69, 9.17) is 28.3 Å². The number of carboxylic acids is 1. The number of aromatic carboxylic acids is 1. The molecule has 1 aliphatic carbocycles. The number of carboxylic acid groups (broad SMARTS) is 1. The van der Waals surface area contributed by atoms with Crippen LogP contribution in [0.3, 0.4) is 0 Å². The van der Waals surface area contributed by atoms with Gasteiger partial charge in [0, 0.05) is 0 Å². The summed E-state index contributed by atoms with van der Waals surface area (Å²) in [4.78, 5) is 11.2. The minimum Gasteiger partial charge on any atom is -0.478 e. The Kier molecular flexibility index (Phi) is 4.46. The highest BCUT2D eigenvalue weighted by molar-refractivity contribution is 7.93. The number of carbonyl (C=O) groups is 1. The van der Waals surface area contributed by atoms with Gasteiger partial charge in [-0.25, -0.2) is 13.2 Å². The molecule has 2 N–H and O–H groups in total. The van der Waals surface area contributed by atoms with Gasteiger partial charge < -0.3 is 5.11 Å². The first kappa shape index (κ1) is 15.4. The Bertz CT molecular complexity index is 639. The van der Waals surface area contributed by atoms with Gasteiger partial charge >= 0.3 is 5.97 Å². The minimum absolute atomic E-state index is 0.00775. The van der Waals surface area contributed by atoms with E-state index < -0.39 is 21.2 Å². The van der Waals surface area contributed by atoms with Crippen molar-refractivity contribution in [3.05, 3.63) is 27.7 Å². The first-order valence-electron chi connectivity index (χ1n) is 6.06. The number of hydrogen-bond donors (Lipinski definition) is 2. The van der Waals surface area contributed by atoms with Crippen LogP contribution < -0.4 is 4.72 Å². The van der Waals surface area contributed by atoms with Crippen LogP contribution in [0.5, 0.6) is 0 Å². The quantitative estimate of drug-likeness (QED) is 0.882. The zero-order chi connectivity index (χ0) is 14.9. The third-order valence-electron chi connectivity index (χ3n) is 3.30. The van der Waals surface area contributed by atoms with Gasteiger partial charge in [0.1, 0.15) is 5.56 Å². The van der Waals surface area contributed by atoms with E-state index in [1.54, 1.807) is 0 Å². The average Bonchev–Trinajstić information content (AvgIpc) is 2.87. The van der Waals surface area contributed by atoms with Crippen molar-refractivity contribution in [2.45, 2.75) is 30.9 Å². The number of sulfonamides is 1. The smallest absolute Gasteiger partial charge is 0.339 e. The van der Waals surface area contributed by atoms with E-state index in [0.717, 1.165) is 12.8 Å². The standard InChI is InChI=1S/C12H13Cl2NO4S/c13-8-5-6-9(14)11(10(8)12(16)17)15-20(18,19)7-3-1-2-4-7/h5-7,15H,1-4H2,(H,16,17). The third-order valence-corrected chi connectivity index (χ3v) is 5.77. The van der Waals surface area contributed by atoms with Crippen molar-refractivity contribution in [2.24, 2.45) is 0 Å². The summed E-state index contributed by atoms with van der Waals surface area (Å²) in [5.74, 6) is -1.33. The fourth-order valence-corrected chi connectivity index (χ4v) is 4.40. The van der Waals surface area contributed by atoms with Crippen LogP contribution in [0, 0.1) is 0 Å². The molecule has 1 aromatic rings. The van der Waals surface area contributed by atoms with Crippen molar-refractivity contribution in [1.29, 1.82) is 0 Å². The highest BCUT2D eigenvalue weighted by Gasteiger charge is 2.31. The molecule has 0 bridgehead atoms. The second-order valence-electron chi connectivity index (χ2n) is 4.64. The van der Waals surface area contributed by atoms with E-state index in [-0.39, 0.29) is 21.3 Å². The largest absolute Gasteiger partial charge is 0.478 e. The Balaban J connectivity index is 2.43. The summed E-state index contributed by atoms with van der Waals surface area (Å²) in [6, 6.07) is 2.68. The Hall–Kier alpha value is -0.980. The Morgan fingerprint density at radius 1 is 1.20 bits per heavy atom. The van der Waals surface area contributed by atoms with Gasteiger partial charge in [0.25, 0.3) is 0 Å². The first-order valence-corrected chi connectivity index (χ1v) is 8.36. The summed E-state index contributed by atoms with van der Waals surface area (Å²) in [7, 11) is -3.66. The molecular formula is C12H13Cl2NO4S. The lowest BCUT2D eigenvalue weighted by Crippen LogP contribution is -2.26. The molecule has 5 nitrogen and oxygen atoms in total. The molecule has 8 heteroatoms. The third kappa shape index (κ3) is 3.02. The maximum Gasteiger partial charge on any atom is 0.339 e. The van der Waals surface area contributed by atoms with Crippen LogP contribution in [-0.2, 0) is 10.0 Å². The zero-order valence-electron chi connectivity index (χ0n) is 10.4. The normalized spacial score (nSPS) is 16.3. The van der Waals surface area contributed by atoms with Crippen molar-refractivity contribution in [2.75, 3.05) is 4.72 Å². The van der Waals surface area contributed by atoms with Gasteiger partial charge in [-0.05, 0) is 25.0 Å². The van der Waals surface area contributed by atoms with Gasteiger partial charge in [0.2, 0.25) is 10.0 Å². The molecule has 0 spiro atoms. The lowest BCUT2D eigenvalue weighted by molar-refractivity contribution is 0.0698. The summed E-state index contributed by atoms with van der Waals surface area (Å²) < 4.78 is 26.8. The molecule has 1 saturated carbocycles. The van der Waals surface area contributed by atoms with Crippen molar-refractivity contribution in [3.8, 4) is 0 Å². The molecule has 0 saturated heterocycles. The molecule has 0 radical (unpaired) electrons. The van der Waals surface area contributed by atoms with Crippen molar-refractivity contribution >= 4 is 44.9 Å². The second-order valence-corrected chi connectivity index (χ2v) is 7.41. The highest BCUT2D eigenvalue weighted by atomic mass is 35.5.